The Labute approximate surface area is 61.1 Å². The van der Waals surface area contributed by atoms with Crippen LogP contribution in [-0.4, -0.2) is 29.1 Å². The van der Waals surface area contributed by atoms with Crippen LogP contribution in [0.3, 0.4) is 0 Å². The third-order valence-corrected chi connectivity index (χ3v) is 0.224. The SMILES string of the molecule is CCCO.[AlH3].[V]. The van der Waals surface area contributed by atoms with Crippen molar-refractivity contribution in [3.05, 3.63) is 0 Å². The second kappa shape index (κ2) is 16.5. The molecule has 0 unspecified atom stereocenters. The van der Waals surface area contributed by atoms with Gasteiger partial charge in [0.15, 0.2) is 17.4 Å². The Hall–Kier alpha value is 1.08. The Bertz CT molecular complexity index is 12.8. The summed E-state index contributed by atoms with van der Waals surface area (Å²) in [7, 11) is 0. The summed E-state index contributed by atoms with van der Waals surface area (Å²) in [4.78, 5) is 0. The summed E-state index contributed by atoms with van der Waals surface area (Å²) in [6.45, 7) is 2.25. The zero-order valence-electron chi connectivity index (χ0n) is 3.31. The fraction of sp³-hybridized carbons (Fsp3) is 1.00. The maximum Gasteiger partial charge on any atom is 0.187 e. The van der Waals surface area contributed by atoms with Gasteiger partial charge in [0.25, 0.3) is 0 Å². The molecule has 1 N–H and O–H groups in total. The van der Waals surface area contributed by atoms with Gasteiger partial charge in [-0.25, -0.2) is 0 Å². The molecule has 6 heavy (non-hydrogen) atoms. The predicted molar refractivity (Wildman–Crippen MR) is 27.3 cm³/mol. The van der Waals surface area contributed by atoms with Crippen LogP contribution in [0.25, 0.3) is 0 Å². The molecule has 0 aromatic heterocycles. The topological polar surface area (TPSA) is 20.2 Å². The van der Waals surface area contributed by atoms with Crippen LogP contribution in [0.4, 0.5) is 0 Å². The fourth-order valence-electron chi connectivity index (χ4n) is 0. The van der Waals surface area contributed by atoms with Crippen LogP contribution in [0.2, 0.25) is 0 Å². The monoisotopic (exact) mass is 141 g/mol. The molecule has 0 saturated carbocycles. The Morgan fingerprint density at radius 2 is 1.67 bits per heavy atom. The Morgan fingerprint density at radius 3 is 1.67 bits per heavy atom. The van der Waals surface area contributed by atoms with Crippen molar-refractivity contribution in [2.24, 2.45) is 0 Å². The van der Waals surface area contributed by atoms with Gasteiger partial charge in [-0.2, -0.15) is 0 Å². The largest absolute Gasteiger partial charge is 0.396 e. The normalized spacial score (nSPS) is 5.00. The summed E-state index contributed by atoms with van der Waals surface area (Å²) < 4.78 is 0. The van der Waals surface area contributed by atoms with E-state index in [2.05, 4.69) is 0 Å². The third kappa shape index (κ3) is 19.6. The van der Waals surface area contributed by atoms with Gasteiger partial charge < -0.3 is 5.11 Å². The molecule has 37 valence electrons. The number of aliphatic hydroxyl groups excluding tert-OH is 1. The Morgan fingerprint density at radius 1 is 1.50 bits per heavy atom. The molecule has 0 aromatic carbocycles. The number of hydrogen-bond donors (Lipinski definition) is 1. The van der Waals surface area contributed by atoms with Gasteiger partial charge in [0, 0.05) is 25.2 Å². The van der Waals surface area contributed by atoms with E-state index in [1.165, 1.54) is 0 Å². The van der Waals surface area contributed by atoms with Gasteiger partial charge in [0.2, 0.25) is 0 Å². The van der Waals surface area contributed by atoms with Crippen molar-refractivity contribution in [3.8, 4) is 0 Å². The Balaban J connectivity index is -0.0000000450. The van der Waals surface area contributed by atoms with E-state index in [1.54, 1.807) is 0 Å². The average Bonchev–Trinajstić information content (AvgIpc) is 1.37. The minimum Gasteiger partial charge on any atom is -0.396 e. The van der Waals surface area contributed by atoms with Gasteiger partial charge in [0.1, 0.15) is 0 Å². The molecule has 0 fully saturated rings. The molecule has 1 radical (unpaired) electrons. The van der Waals surface area contributed by atoms with Crippen LogP contribution in [0, 0.1) is 0 Å². The van der Waals surface area contributed by atoms with Gasteiger partial charge in [-0.15, -0.1) is 0 Å². The van der Waals surface area contributed by atoms with Crippen molar-refractivity contribution >= 4 is 17.4 Å². The van der Waals surface area contributed by atoms with Gasteiger partial charge in [0.05, 0.1) is 0 Å². The Kier molecular flexibility index (Phi) is 43.4. The zero-order valence-corrected chi connectivity index (χ0v) is 4.71. The van der Waals surface area contributed by atoms with Crippen molar-refractivity contribution in [3.63, 3.8) is 0 Å². The number of aliphatic hydroxyl groups is 1. The van der Waals surface area contributed by atoms with Crippen molar-refractivity contribution < 1.29 is 23.7 Å². The van der Waals surface area contributed by atoms with Gasteiger partial charge >= 0.3 is 0 Å². The van der Waals surface area contributed by atoms with E-state index < -0.39 is 0 Å². The van der Waals surface area contributed by atoms with E-state index >= 15 is 0 Å². The third-order valence-electron chi connectivity index (χ3n) is 0.224. The number of hydrogen-bond acceptors (Lipinski definition) is 1. The van der Waals surface area contributed by atoms with Crippen LogP contribution in [0.5, 0.6) is 0 Å². The first-order valence-electron chi connectivity index (χ1n) is 1.52. The molecule has 3 heteroatoms. The van der Waals surface area contributed by atoms with Crippen LogP contribution in [-0.2, 0) is 18.6 Å². The molecule has 0 aliphatic carbocycles. The molecule has 0 amide bonds. The second-order valence-corrected chi connectivity index (χ2v) is 0.724. The quantitative estimate of drug-likeness (QED) is 0.474. The van der Waals surface area contributed by atoms with E-state index in [0.717, 1.165) is 6.42 Å². The minimum atomic E-state index is 0. The van der Waals surface area contributed by atoms with Gasteiger partial charge in [-0.05, 0) is 6.42 Å². The van der Waals surface area contributed by atoms with E-state index in [9.17, 15) is 0 Å². The summed E-state index contributed by atoms with van der Waals surface area (Å²) >= 11 is 0. The van der Waals surface area contributed by atoms with E-state index in [1.807, 2.05) is 6.92 Å². The molecule has 0 saturated heterocycles. The molecule has 1 nitrogen and oxygen atoms in total. The average molecular weight is 141 g/mol. The molecule has 0 aliphatic heterocycles. The smallest absolute Gasteiger partial charge is 0.187 e. The molecule has 0 bridgehead atoms. The first kappa shape index (κ1) is 15.7. The van der Waals surface area contributed by atoms with Gasteiger partial charge in [-0.3, -0.25) is 0 Å². The predicted octanol–water partition coefficient (Wildman–Crippen LogP) is -0.798. The second-order valence-electron chi connectivity index (χ2n) is 0.724. The summed E-state index contributed by atoms with van der Waals surface area (Å²) in [5.41, 5.74) is 0. The molecule has 0 aromatic rings. The maximum absolute atomic E-state index is 7.88. The minimum absolute atomic E-state index is 0. The maximum atomic E-state index is 7.88. The van der Waals surface area contributed by atoms with Crippen LogP contribution < -0.4 is 0 Å². The first-order chi connectivity index (χ1) is 1.91. The zero-order chi connectivity index (χ0) is 3.41. The fourth-order valence-corrected chi connectivity index (χ4v) is 0. The summed E-state index contributed by atoms with van der Waals surface area (Å²) in [6.07, 6.45) is 0.875. The standard InChI is InChI=1S/C3H8O.Al.V.3H/c1-2-3-4;;;;;/h4H,2-3H2,1H3;;;;;. The summed E-state index contributed by atoms with van der Waals surface area (Å²) in [6, 6.07) is 0. The van der Waals surface area contributed by atoms with E-state index in [4.69, 9.17) is 5.11 Å². The van der Waals surface area contributed by atoms with Crippen LogP contribution in [0.1, 0.15) is 13.3 Å². The molecule has 0 rings (SSSR count). The molecule has 0 spiro atoms. The van der Waals surface area contributed by atoms with Crippen molar-refractivity contribution in [2.75, 3.05) is 6.61 Å². The van der Waals surface area contributed by atoms with Crippen molar-refractivity contribution in [1.82, 2.24) is 0 Å². The van der Waals surface area contributed by atoms with Crippen molar-refractivity contribution in [2.45, 2.75) is 13.3 Å². The molecule has 0 aliphatic rings. The molecule has 0 atom stereocenters. The van der Waals surface area contributed by atoms with E-state index in [0.29, 0.717) is 6.61 Å². The molecular weight excluding hydrogens is 130 g/mol. The summed E-state index contributed by atoms with van der Waals surface area (Å²) in [5.74, 6) is 0. The molecular formula is C3H11AlOV. The van der Waals surface area contributed by atoms with Crippen molar-refractivity contribution in [1.29, 1.82) is 0 Å². The van der Waals surface area contributed by atoms with E-state index in [-0.39, 0.29) is 35.9 Å². The number of rotatable bonds is 1. The van der Waals surface area contributed by atoms with Crippen LogP contribution >= 0.6 is 0 Å². The van der Waals surface area contributed by atoms with Gasteiger partial charge in [-0.1, -0.05) is 6.92 Å². The van der Waals surface area contributed by atoms with Crippen LogP contribution in [0.15, 0.2) is 0 Å². The molecule has 0 heterocycles. The summed E-state index contributed by atoms with van der Waals surface area (Å²) in [5, 5.41) is 7.88. The first-order valence-corrected chi connectivity index (χ1v) is 1.52.